The SMILES string of the molecule is O=C1c2ccccc2C(=O)c2c1cccc2C1C=Cc2ccc3nc4ccccc4cc3c2C1=O. The number of carbonyl (C=O) groups is 3. The van der Waals surface area contributed by atoms with E-state index in [4.69, 9.17) is 4.98 Å². The lowest BCUT2D eigenvalue weighted by atomic mass is 9.75. The van der Waals surface area contributed by atoms with Gasteiger partial charge in [-0.3, -0.25) is 14.4 Å². The van der Waals surface area contributed by atoms with E-state index < -0.39 is 5.92 Å². The molecule has 0 spiro atoms. The van der Waals surface area contributed by atoms with Crippen molar-refractivity contribution < 1.29 is 14.4 Å². The van der Waals surface area contributed by atoms with Crippen molar-refractivity contribution in [2.24, 2.45) is 0 Å². The topological polar surface area (TPSA) is 64.1 Å². The van der Waals surface area contributed by atoms with Crippen molar-refractivity contribution in [2.45, 2.75) is 5.92 Å². The summed E-state index contributed by atoms with van der Waals surface area (Å²) in [5, 5.41) is 1.75. The van der Waals surface area contributed by atoms with Crippen LogP contribution in [0, 0.1) is 0 Å². The Hall–Kier alpha value is -4.70. The number of allylic oxidation sites excluding steroid dienone is 1. The van der Waals surface area contributed by atoms with Gasteiger partial charge >= 0.3 is 0 Å². The largest absolute Gasteiger partial charge is 0.293 e. The third kappa shape index (κ3) is 2.74. The van der Waals surface area contributed by atoms with Gasteiger partial charge in [0.1, 0.15) is 0 Å². The molecule has 0 fully saturated rings. The summed E-state index contributed by atoms with van der Waals surface area (Å²) in [7, 11) is 0. The van der Waals surface area contributed by atoms with Crippen LogP contribution < -0.4 is 0 Å². The zero-order valence-corrected chi connectivity index (χ0v) is 18.5. The van der Waals surface area contributed by atoms with Crippen molar-refractivity contribution in [3.63, 3.8) is 0 Å². The zero-order valence-electron chi connectivity index (χ0n) is 18.5. The fourth-order valence-electron chi connectivity index (χ4n) is 5.40. The molecule has 2 aliphatic carbocycles. The molecule has 0 bridgehead atoms. The molecule has 1 aromatic heterocycles. The van der Waals surface area contributed by atoms with Crippen LogP contribution in [0.2, 0.25) is 0 Å². The van der Waals surface area contributed by atoms with Crippen molar-refractivity contribution >= 4 is 45.2 Å². The maximum absolute atomic E-state index is 14.0. The molecule has 35 heavy (non-hydrogen) atoms. The van der Waals surface area contributed by atoms with Crippen LogP contribution in [0.5, 0.6) is 0 Å². The molecule has 0 saturated heterocycles. The van der Waals surface area contributed by atoms with Gasteiger partial charge in [-0.2, -0.15) is 0 Å². The number of fused-ring (bicyclic) bond motifs is 6. The minimum atomic E-state index is -0.670. The normalized spacial score (nSPS) is 16.3. The van der Waals surface area contributed by atoms with Gasteiger partial charge < -0.3 is 0 Å². The second-order valence-electron chi connectivity index (χ2n) is 8.95. The first-order chi connectivity index (χ1) is 17.1. The maximum Gasteiger partial charge on any atom is 0.194 e. The van der Waals surface area contributed by atoms with Gasteiger partial charge in [0.05, 0.1) is 17.0 Å². The Morgan fingerprint density at radius 3 is 2.23 bits per heavy atom. The van der Waals surface area contributed by atoms with E-state index in [9.17, 15) is 14.4 Å². The molecule has 0 radical (unpaired) electrons. The van der Waals surface area contributed by atoms with Gasteiger partial charge in [0.25, 0.3) is 0 Å². The first-order valence-electron chi connectivity index (χ1n) is 11.5. The van der Waals surface area contributed by atoms with Gasteiger partial charge in [-0.25, -0.2) is 4.98 Å². The average molecular weight is 451 g/mol. The van der Waals surface area contributed by atoms with Gasteiger partial charge in [0, 0.05) is 38.6 Å². The van der Waals surface area contributed by atoms with Crippen molar-refractivity contribution in [2.75, 3.05) is 0 Å². The molecule has 164 valence electrons. The van der Waals surface area contributed by atoms with E-state index in [1.807, 2.05) is 54.6 Å². The number of carbonyl (C=O) groups excluding carboxylic acids is 3. The van der Waals surface area contributed by atoms with Gasteiger partial charge in [-0.15, -0.1) is 0 Å². The number of para-hydroxylation sites is 1. The van der Waals surface area contributed by atoms with Crippen LogP contribution in [0.3, 0.4) is 0 Å². The molecule has 0 saturated carbocycles. The quantitative estimate of drug-likeness (QED) is 0.281. The monoisotopic (exact) mass is 451 g/mol. The van der Waals surface area contributed by atoms with Crippen molar-refractivity contribution in [1.82, 2.24) is 4.98 Å². The Bertz CT molecular complexity index is 1810. The number of nitrogens with zero attached hydrogens (tertiary/aromatic N) is 1. The van der Waals surface area contributed by atoms with E-state index in [2.05, 4.69) is 0 Å². The number of pyridine rings is 1. The zero-order chi connectivity index (χ0) is 23.7. The first-order valence-corrected chi connectivity index (χ1v) is 11.5. The van der Waals surface area contributed by atoms with Crippen molar-refractivity contribution in [1.29, 1.82) is 0 Å². The summed E-state index contributed by atoms with van der Waals surface area (Å²) in [5.41, 5.74) is 5.07. The summed E-state index contributed by atoms with van der Waals surface area (Å²) in [6.07, 6.45) is 3.76. The maximum atomic E-state index is 14.0. The highest BCUT2D eigenvalue weighted by atomic mass is 16.1. The van der Waals surface area contributed by atoms with Crippen LogP contribution in [0.25, 0.3) is 27.9 Å². The van der Waals surface area contributed by atoms with E-state index in [0.29, 0.717) is 33.4 Å². The molecular weight excluding hydrogens is 434 g/mol. The molecule has 1 atom stereocenters. The molecule has 5 aromatic rings. The van der Waals surface area contributed by atoms with Gasteiger partial charge in [-0.05, 0) is 29.3 Å². The first kappa shape index (κ1) is 19.7. The third-order valence-corrected chi connectivity index (χ3v) is 7.05. The second-order valence-corrected chi connectivity index (χ2v) is 8.95. The molecule has 4 nitrogen and oxygen atoms in total. The summed E-state index contributed by atoms with van der Waals surface area (Å²) < 4.78 is 0. The summed E-state index contributed by atoms with van der Waals surface area (Å²) >= 11 is 0. The van der Waals surface area contributed by atoms with E-state index in [0.717, 1.165) is 27.4 Å². The number of aromatic nitrogens is 1. The van der Waals surface area contributed by atoms with E-state index in [1.54, 1.807) is 42.5 Å². The predicted molar refractivity (Wildman–Crippen MR) is 135 cm³/mol. The number of rotatable bonds is 1. The number of hydrogen-bond acceptors (Lipinski definition) is 4. The molecule has 7 rings (SSSR count). The Morgan fingerprint density at radius 1 is 0.629 bits per heavy atom. The predicted octanol–water partition coefficient (Wildman–Crippen LogP) is 6.16. The van der Waals surface area contributed by atoms with E-state index in [-0.39, 0.29) is 17.3 Å². The standard InChI is InChI=1S/C31H17NO3/c33-29-20-7-2-3-8-21(20)31(35)28-19(9-5-10-23(28)29)22-14-12-17-13-15-26-24(27(17)30(22)34)16-18-6-1-4-11-25(18)32-26/h1-16,22H. The lowest BCUT2D eigenvalue weighted by Crippen LogP contribution is -2.25. The van der Waals surface area contributed by atoms with Crippen molar-refractivity contribution in [3.8, 4) is 0 Å². The number of ketones is 3. The average Bonchev–Trinajstić information content (AvgIpc) is 2.90. The summed E-state index contributed by atoms with van der Waals surface area (Å²) in [6, 6.07) is 25.8. The van der Waals surface area contributed by atoms with Crippen LogP contribution in [0.4, 0.5) is 0 Å². The highest BCUT2D eigenvalue weighted by Crippen LogP contribution is 2.39. The molecule has 4 heteroatoms. The van der Waals surface area contributed by atoms with Crippen LogP contribution in [-0.2, 0) is 0 Å². The van der Waals surface area contributed by atoms with E-state index >= 15 is 0 Å². The second kappa shape index (κ2) is 7.15. The highest BCUT2D eigenvalue weighted by Gasteiger charge is 2.36. The van der Waals surface area contributed by atoms with Gasteiger partial charge in [0.2, 0.25) is 0 Å². The molecule has 0 N–H and O–H groups in total. The lowest BCUT2D eigenvalue weighted by Gasteiger charge is -2.25. The molecule has 0 amide bonds. The van der Waals surface area contributed by atoms with Crippen LogP contribution >= 0.6 is 0 Å². The molecule has 2 aliphatic rings. The van der Waals surface area contributed by atoms with Crippen LogP contribution in [0.15, 0.2) is 91.0 Å². The molecule has 0 aliphatic heterocycles. The van der Waals surface area contributed by atoms with Crippen LogP contribution in [0.1, 0.15) is 59.2 Å². The van der Waals surface area contributed by atoms with Crippen LogP contribution in [-0.4, -0.2) is 22.3 Å². The molecule has 4 aromatic carbocycles. The summed E-state index contributed by atoms with van der Waals surface area (Å²) in [5.74, 6) is -1.18. The molecule has 1 heterocycles. The third-order valence-electron chi connectivity index (χ3n) is 7.05. The van der Waals surface area contributed by atoms with Gasteiger partial charge in [-0.1, -0.05) is 78.9 Å². The number of benzene rings is 4. The Balaban J connectivity index is 1.43. The summed E-state index contributed by atoms with van der Waals surface area (Å²) in [6.45, 7) is 0. The Morgan fingerprint density at radius 2 is 1.37 bits per heavy atom. The fraction of sp³-hybridized carbons (Fsp3) is 0.0323. The molecular formula is C31H17NO3. The van der Waals surface area contributed by atoms with Crippen molar-refractivity contribution in [3.05, 3.63) is 130 Å². The van der Waals surface area contributed by atoms with E-state index in [1.165, 1.54) is 0 Å². The minimum Gasteiger partial charge on any atom is -0.293 e. The van der Waals surface area contributed by atoms with Gasteiger partial charge in [0.15, 0.2) is 17.3 Å². The number of hydrogen-bond donors (Lipinski definition) is 0. The Labute approximate surface area is 200 Å². The molecule has 1 unspecified atom stereocenters. The highest BCUT2D eigenvalue weighted by molar-refractivity contribution is 6.29. The smallest absolute Gasteiger partial charge is 0.194 e. The number of Topliss-reactive ketones (excluding diaryl/α,β-unsaturated/α-hetero) is 1. The Kier molecular flexibility index (Phi) is 4.03. The lowest BCUT2D eigenvalue weighted by molar-refractivity contribution is 0.0965. The minimum absolute atomic E-state index is 0.0994. The fourth-order valence-corrected chi connectivity index (χ4v) is 5.40. The summed E-state index contributed by atoms with van der Waals surface area (Å²) in [4.78, 5) is 45.5.